The number of carboxylic acid groups (broad SMARTS) is 1. The summed E-state index contributed by atoms with van der Waals surface area (Å²) < 4.78 is 0. The van der Waals surface area contributed by atoms with E-state index in [2.05, 4.69) is 13.0 Å². The van der Waals surface area contributed by atoms with Crippen LogP contribution in [0.25, 0.3) is 0 Å². The van der Waals surface area contributed by atoms with Gasteiger partial charge < -0.3 is 5.11 Å². The molecule has 14 heavy (non-hydrogen) atoms. The highest BCUT2D eigenvalue weighted by atomic mass is 16.4. The van der Waals surface area contributed by atoms with Gasteiger partial charge in [-0.3, -0.25) is 0 Å². The average Bonchev–Trinajstić information content (AvgIpc) is 2.16. The minimum atomic E-state index is -0.877. The number of carbonyl (C=O) groups is 1. The summed E-state index contributed by atoms with van der Waals surface area (Å²) in [5.74, 6) is -0.877. The molecule has 0 heterocycles. The first-order chi connectivity index (χ1) is 6.70. The zero-order valence-corrected chi connectivity index (χ0v) is 9.12. The van der Waals surface area contributed by atoms with E-state index in [9.17, 15) is 4.79 Å². The smallest absolute Gasteiger partial charge is 0.328 e. The van der Waals surface area contributed by atoms with Crippen LogP contribution in [0.5, 0.6) is 0 Å². The summed E-state index contributed by atoms with van der Waals surface area (Å²) in [6.45, 7) is 4.21. The van der Waals surface area contributed by atoms with Crippen LogP contribution >= 0.6 is 0 Å². The molecule has 2 heteroatoms. The van der Waals surface area contributed by atoms with Crippen molar-refractivity contribution in [1.29, 1.82) is 0 Å². The van der Waals surface area contributed by atoms with Crippen molar-refractivity contribution < 1.29 is 9.90 Å². The van der Waals surface area contributed by atoms with Crippen LogP contribution in [0.3, 0.4) is 0 Å². The van der Waals surface area contributed by atoms with E-state index < -0.39 is 5.97 Å². The summed E-state index contributed by atoms with van der Waals surface area (Å²) in [5, 5.41) is 8.45. The van der Waals surface area contributed by atoms with Crippen LogP contribution in [0.15, 0.2) is 23.8 Å². The number of carboxylic acids is 1. The molecule has 80 valence electrons. The quantitative estimate of drug-likeness (QED) is 0.384. The zero-order valence-electron chi connectivity index (χ0n) is 9.12. The monoisotopic (exact) mass is 196 g/mol. The van der Waals surface area contributed by atoms with E-state index in [1.54, 1.807) is 6.08 Å². The fourth-order valence-electron chi connectivity index (χ4n) is 1.19. The van der Waals surface area contributed by atoms with Gasteiger partial charge >= 0.3 is 5.97 Å². The molecule has 0 atom stereocenters. The highest BCUT2D eigenvalue weighted by Gasteiger charge is 1.91. The van der Waals surface area contributed by atoms with Gasteiger partial charge in [0.2, 0.25) is 0 Å². The van der Waals surface area contributed by atoms with Crippen LogP contribution in [-0.4, -0.2) is 11.1 Å². The van der Waals surface area contributed by atoms with E-state index in [4.69, 9.17) is 5.11 Å². The van der Waals surface area contributed by atoms with Crippen LogP contribution < -0.4 is 0 Å². The molecule has 2 nitrogen and oxygen atoms in total. The minimum absolute atomic E-state index is 0.877. The second-order valence-electron chi connectivity index (χ2n) is 3.30. The fraction of sp³-hybridized carbons (Fsp3) is 0.583. The molecule has 0 saturated heterocycles. The number of allylic oxidation sites excluding steroid dienone is 3. The van der Waals surface area contributed by atoms with Gasteiger partial charge in [0.05, 0.1) is 0 Å². The zero-order chi connectivity index (χ0) is 10.8. The molecular formula is C12H20O2. The summed E-state index contributed by atoms with van der Waals surface area (Å²) >= 11 is 0. The Balaban J connectivity index is 3.92. The topological polar surface area (TPSA) is 37.3 Å². The third-order valence-electron chi connectivity index (χ3n) is 2.06. The van der Waals surface area contributed by atoms with Gasteiger partial charge in [-0.25, -0.2) is 4.79 Å². The molecule has 0 aromatic carbocycles. The first-order valence-corrected chi connectivity index (χ1v) is 5.30. The lowest BCUT2D eigenvalue weighted by atomic mass is 10.1. The number of unbranched alkanes of at least 4 members (excludes halogenated alkanes) is 3. The van der Waals surface area contributed by atoms with E-state index in [1.807, 2.05) is 6.92 Å². The molecule has 0 fully saturated rings. The van der Waals surface area contributed by atoms with Crippen LogP contribution in [0.4, 0.5) is 0 Å². The number of hydrogen-bond donors (Lipinski definition) is 1. The predicted molar refractivity (Wildman–Crippen MR) is 59.3 cm³/mol. The molecule has 0 aliphatic heterocycles. The van der Waals surface area contributed by atoms with Crippen molar-refractivity contribution in [3.63, 3.8) is 0 Å². The van der Waals surface area contributed by atoms with E-state index in [-0.39, 0.29) is 0 Å². The first kappa shape index (κ1) is 12.9. The van der Waals surface area contributed by atoms with Gasteiger partial charge in [-0.1, -0.05) is 44.4 Å². The molecule has 0 aromatic rings. The Bertz CT molecular complexity index is 214. The molecule has 0 aromatic heterocycles. The van der Waals surface area contributed by atoms with E-state index >= 15 is 0 Å². The molecule has 0 unspecified atom stereocenters. The average molecular weight is 196 g/mol. The molecular weight excluding hydrogens is 176 g/mol. The van der Waals surface area contributed by atoms with Gasteiger partial charge in [0.15, 0.2) is 0 Å². The normalized spacial score (nSPS) is 12.3. The lowest BCUT2D eigenvalue weighted by Crippen LogP contribution is -1.87. The summed E-state index contributed by atoms with van der Waals surface area (Å²) in [4.78, 5) is 10.3. The number of hydrogen-bond acceptors (Lipinski definition) is 1. The Morgan fingerprint density at radius 3 is 2.43 bits per heavy atom. The van der Waals surface area contributed by atoms with E-state index in [0.717, 1.165) is 18.4 Å². The first-order valence-electron chi connectivity index (χ1n) is 5.30. The van der Waals surface area contributed by atoms with Gasteiger partial charge in [0.25, 0.3) is 0 Å². The lowest BCUT2D eigenvalue weighted by Gasteiger charge is -1.97. The molecule has 0 spiro atoms. The van der Waals surface area contributed by atoms with Crippen LogP contribution in [0.1, 0.15) is 46.0 Å². The summed E-state index contributed by atoms with van der Waals surface area (Å²) in [7, 11) is 0. The second kappa shape index (κ2) is 8.54. The standard InChI is InChI=1S/C12H20O2/c1-3-5-6-7-8-11(4-2)9-10-12(13)14/h8-10H,3-7H2,1-2H3,(H,13,14). The summed E-state index contributed by atoms with van der Waals surface area (Å²) in [6, 6.07) is 0. The number of rotatable bonds is 7. The van der Waals surface area contributed by atoms with Gasteiger partial charge in [-0.2, -0.15) is 0 Å². The van der Waals surface area contributed by atoms with Crippen molar-refractivity contribution in [3.8, 4) is 0 Å². The van der Waals surface area contributed by atoms with Crippen molar-refractivity contribution >= 4 is 5.97 Å². The Morgan fingerprint density at radius 2 is 1.93 bits per heavy atom. The SMILES string of the molecule is CCCCCC=C(C=CC(=O)O)CC. The molecule has 0 bridgehead atoms. The highest BCUT2D eigenvalue weighted by Crippen LogP contribution is 2.07. The maximum atomic E-state index is 10.3. The summed E-state index contributed by atoms with van der Waals surface area (Å²) in [6.07, 6.45) is 10.6. The van der Waals surface area contributed by atoms with Crippen molar-refractivity contribution in [2.75, 3.05) is 0 Å². The van der Waals surface area contributed by atoms with Gasteiger partial charge in [-0.15, -0.1) is 0 Å². The molecule has 0 saturated carbocycles. The molecule has 0 radical (unpaired) electrons. The Kier molecular flexibility index (Phi) is 7.90. The Hall–Kier alpha value is -1.05. The molecule has 1 N–H and O–H groups in total. The predicted octanol–water partition coefficient (Wildman–Crippen LogP) is 3.54. The van der Waals surface area contributed by atoms with Crippen LogP contribution in [0, 0.1) is 0 Å². The Morgan fingerprint density at radius 1 is 1.21 bits per heavy atom. The summed E-state index contributed by atoms with van der Waals surface area (Å²) in [5.41, 5.74) is 1.11. The van der Waals surface area contributed by atoms with E-state index in [0.29, 0.717) is 0 Å². The molecule has 0 rings (SSSR count). The molecule has 0 amide bonds. The highest BCUT2D eigenvalue weighted by molar-refractivity contribution is 5.80. The van der Waals surface area contributed by atoms with E-state index in [1.165, 1.54) is 25.3 Å². The number of aliphatic carboxylic acids is 1. The van der Waals surface area contributed by atoms with Crippen molar-refractivity contribution in [1.82, 2.24) is 0 Å². The Labute approximate surface area is 86.3 Å². The van der Waals surface area contributed by atoms with Crippen LogP contribution in [-0.2, 0) is 4.79 Å². The maximum absolute atomic E-state index is 10.3. The van der Waals surface area contributed by atoms with Gasteiger partial charge in [0.1, 0.15) is 0 Å². The maximum Gasteiger partial charge on any atom is 0.328 e. The lowest BCUT2D eigenvalue weighted by molar-refractivity contribution is -0.131. The largest absolute Gasteiger partial charge is 0.478 e. The van der Waals surface area contributed by atoms with Crippen molar-refractivity contribution in [3.05, 3.63) is 23.8 Å². The van der Waals surface area contributed by atoms with Crippen LogP contribution in [0.2, 0.25) is 0 Å². The van der Waals surface area contributed by atoms with Gasteiger partial charge in [-0.05, 0) is 19.3 Å². The fourth-order valence-corrected chi connectivity index (χ4v) is 1.19. The van der Waals surface area contributed by atoms with Crippen molar-refractivity contribution in [2.45, 2.75) is 46.0 Å². The van der Waals surface area contributed by atoms with Gasteiger partial charge in [0, 0.05) is 6.08 Å². The third kappa shape index (κ3) is 7.59. The minimum Gasteiger partial charge on any atom is -0.478 e. The molecule has 0 aliphatic rings. The third-order valence-corrected chi connectivity index (χ3v) is 2.06. The van der Waals surface area contributed by atoms with Crippen molar-refractivity contribution in [2.24, 2.45) is 0 Å². The second-order valence-corrected chi connectivity index (χ2v) is 3.30. The molecule has 0 aliphatic carbocycles.